The lowest BCUT2D eigenvalue weighted by atomic mass is 9.85. The second-order valence-corrected chi connectivity index (χ2v) is 6.39. The van der Waals surface area contributed by atoms with E-state index in [0.29, 0.717) is 0 Å². The van der Waals surface area contributed by atoms with Crippen LogP contribution in [0.1, 0.15) is 97.3 Å². The summed E-state index contributed by atoms with van der Waals surface area (Å²) in [5.74, 6) is 2.08. The molecule has 0 spiro atoms. The van der Waals surface area contributed by atoms with Crippen molar-refractivity contribution < 1.29 is 0 Å². The number of unbranched alkanes of at least 4 members (excludes halogenated alkanes) is 3. The topological polar surface area (TPSA) is 0 Å². The van der Waals surface area contributed by atoms with Crippen LogP contribution in [0.25, 0.3) is 0 Å². The molecule has 0 amide bonds. The molecule has 1 rings (SSSR count). The molecule has 1 aliphatic rings. The lowest BCUT2D eigenvalue weighted by molar-refractivity contribution is 0.323. The molecular weight excluding hydrogens is 204 g/mol. The predicted molar refractivity (Wildman–Crippen MR) is 78.3 cm³/mol. The second-order valence-electron chi connectivity index (χ2n) is 6.39. The summed E-state index contributed by atoms with van der Waals surface area (Å²) in [5.41, 5.74) is 0. The Balaban J connectivity index is 1.88. The van der Waals surface area contributed by atoms with Gasteiger partial charge in [-0.05, 0) is 11.8 Å². The molecule has 17 heavy (non-hydrogen) atoms. The Hall–Kier alpha value is 0. The van der Waals surface area contributed by atoms with Gasteiger partial charge in [0.25, 0.3) is 0 Å². The lowest BCUT2D eigenvalue weighted by Gasteiger charge is -2.21. The smallest absolute Gasteiger partial charge is 0.0414 e. The Morgan fingerprint density at radius 2 is 1.53 bits per heavy atom. The molecule has 1 saturated carbocycles. The molecule has 0 bridgehead atoms. The molecule has 1 aliphatic carbocycles. The van der Waals surface area contributed by atoms with Crippen LogP contribution in [0.5, 0.6) is 0 Å². The summed E-state index contributed by atoms with van der Waals surface area (Å²) >= 11 is 0. The highest BCUT2D eigenvalue weighted by Crippen LogP contribution is 2.28. The normalized spacial score (nSPS) is 19.4. The maximum Gasteiger partial charge on any atom is -0.0414 e. The van der Waals surface area contributed by atoms with E-state index in [1.165, 1.54) is 83.5 Å². The molecule has 0 N–H and O–H groups in total. The zero-order chi connectivity index (χ0) is 12.3. The van der Waals surface area contributed by atoms with Crippen molar-refractivity contribution in [3.05, 3.63) is 0 Å². The summed E-state index contributed by atoms with van der Waals surface area (Å²) < 4.78 is 0. The fourth-order valence-corrected chi connectivity index (χ4v) is 3.29. The Labute approximate surface area is 110 Å². The largest absolute Gasteiger partial charge is 0.0654 e. The minimum Gasteiger partial charge on any atom is -0.0654 e. The van der Waals surface area contributed by atoms with Crippen molar-refractivity contribution in [3.8, 4) is 0 Å². The van der Waals surface area contributed by atoms with Crippen LogP contribution in [-0.2, 0) is 0 Å². The highest BCUT2D eigenvalue weighted by molar-refractivity contribution is 4.66. The number of hydrogen-bond acceptors (Lipinski definition) is 0. The summed E-state index contributed by atoms with van der Waals surface area (Å²) in [6.45, 7) is 4.76. The minimum atomic E-state index is 0.980. The van der Waals surface area contributed by atoms with E-state index < -0.39 is 0 Å². The van der Waals surface area contributed by atoms with Crippen molar-refractivity contribution in [2.24, 2.45) is 11.8 Å². The van der Waals surface area contributed by atoms with Gasteiger partial charge in [-0.1, -0.05) is 97.3 Å². The minimum absolute atomic E-state index is 0.980. The molecule has 1 fully saturated rings. The van der Waals surface area contributed by atoms with E-state index in [1.54, 1.807) is 0 Å². The molecule has 0 aromatic carbocycles. The molecule has 0 heterocycles. The maximum absolute atomic E-state index is 2.45. The summed E-state index contributed by atoms with van der Waals surface area (Å²) in [7, 11) is 0. The van der Waals surface area contributed by atoms with E-state index in [9.17, 15) is 0 Å². The molecule has 0 aromatic rings. The molecule has 0 radical (unpaired) electrons. The third-order valence-electron chi connectivity index (χ3n) is 4.58. The van der Waals surface area contributed by atoms with Crippen molar-refractivity contribution in [1.29, 1.82) is 0 Å². The summed E-state index contributed by atoms with van der Waals surface area (Å²) in [6, 6.07) is 0. The first kappa shape index (κ1) is 15.1. The van der Waals surface area contributed by atoms with Crippen molar-refractivity contribution in [2.45, 2.75) is 97.3 Å². The Kier molecular flexibility index (Phi) is 8.83. The molecule has 0 aliphatic heterocycles. The molecule has 1 unspecified atom stereocenters. The average Bonchev–Trinajstić information content (AvgIpc) is 2.36. The molecule has 0 saturated heterocycles. The van der Waals surface area contributed by atoms with E-state index in [-0.39, 0.29) is 0 Å². The summed E-state index contributed by atoms with van der Waals surface area (Å²) in [6.07, 6.45) is 19.3. The Morgan fingerprint density at radius 1 is 0.882 bits per heavy atom. The van der Waals surface area contributed by atoms with Gasteiger partial charge in [-0.3, -0.25) is 0 Å². The average molecular weight is 238 g/mol. The maximum atomic E-state index is 2.45. The lowest BCUT2D eigenvalue weighted by Crippen LogP contribution is -2.06. The van der Waals surface area contributed by atoms with Gasteiger partial charge in [0.05, 0.1) is 0 Å². The van der Waals surface area contributed by atoms with Crippen LogP contribution in [0, 0.1) is 11.8 Å². The third kappa shape index (κ3) is 7.84. The van der Waals surface area contributed by atoms with Crippen molar-refractivity contribution in [2.75, 3.05) is 0 Å². The van der Waals surface area contributed by atoms with Gasteiger partial charge in [-0.15, -0.1) is 0 Å². The van der Waals surface area contributed by atoms with Gasteiger partial charge in [0, 0.05) is 0 Å². The SMILES string of the molecule is CCCCCC(C)CCCCC1CCCCC1. The molecular formula is C17H34. The number of hydrogen-bond donors (Lipinski definition) is 0. The van der Waals surface area contributed by atoms with E-state index in [1.807, 2.05) is 0 Å². The molecule has 0 heteroatoms. The second kappa shape index (κ2) is 9.97. The highest BCUT2D eigenvalue weighted by atomic mass is 14.2. The van der Waals surface area contributed by atoms with E-state index in [4.69, 9.17) is 0 Å². The summed E-state index contributed by atoms with van der Waals surface area (Å²) in [4.78, 5) is 0. The third-order valence-corrected chi connectivity index (χ3v) is 4.58. The van der Waals surface area contributed by atoms with Crippen molar-refractivity contribution >= 4 is 0 Å². The number of rotatable bonds is 9. The zero-order valence-electron chi connectivity index (χ0n) is 12.3. The molecule has 1 atom stereocenters. The van der Waals surface area contributed by atoms with Gasteiger partial charge >= 0.3 is 0 Å². The first-order valence-electron chi connectivity index (χ1n) is 8.33. The fraction of sp³-hybridized carbons (Fsp3) is 1.00. The van der Waals surface area contributed by atoms with Crippen molar-refractivity contribution in [3.63, 3.8) is 0 Å². The van der Waals surface area contributed by atoms with Crippen LogP contribution in [0.15, 0.2) is 0 Å². The highest BCUT2D eigenvalue weighted by Gasteiger charge is 2.12. The van der Waals surface area contributed by atoms with Crippen LogP contribution in [0.2, 0.25) is 0 Å². The van der Waals surface area contributed by atoms with Gasteiger partial charge in [-0.2, -0.15) is 0 Å². The standard InChI is InChI=1S/C17H34/c1-3-4-6-11-16(2)12-9-10-15-17-13-7-5-8-14-17/h16-17H,3-15H2,1-2H3. The first-order chi connectivity index (χ1) is 8.33. The predicted octanol–water partition coefficient (Wildman–Crippen LogP) is 6.34. The van der Waals surface area contributed by atoms with E-state index in [2.05, 4.69) is 13.8 Å². The Morgan fingerprint density at radius 3 is 2.18 bits per heavy atom. The van der Waals surface area contributed by atoms with Crippen LogP contribution in [0.3, 0.4) is 0 Å². The van der Waals surface area contributed by atoms with Gasteiger partial charge in [0.2, 0.25) is 0 Å². The van der Waals surface area contributed by atoms with E-state index >= 15 is 0 Å². The quantitative estimate of drug-likeness (QED) is 0.411. The van der Waals surface area contributed by atoms with Crippen LogP contribution >= 0.6 is 0 Å². The van der Waals surface area contributed by atoms with Crippen LogP contribution < -0.4 is 0 Å². The van der Waals surface area contributed by atoms with Crippen LogP contribution in [0.4, 0.5) is 0 Å². The fourth-order valence-electron chi connectivity index (χ4n) is 3.29. The van der Waals surface area contributed by atoms with E-state index in [0.717, 1.165) is 11.8 Å². The van der Waals surface area contributed by atoms with Gasteiger partial charge in [0.1, 0.15) is 0 Å². The first-order valence-corrected chi connectivity index (χ1v) is 8.33. The van der Waals surface area contributed by atoms with Gasteiger partial charge in [0.15, 0.2) is 0 Å². The Bertz CT molecular complexity index is 155. The monoisotopic (exact) mass is 238 g/mol. The molecule has 0 aromatic heterocycles. The van der Waals surface area contributed by atoms with Gasteiger partial charge < -0.3 is 0 Å². The summed E-state index contributed by atoms with van der Waals surface area (Å²) in [5, 5.41) is 0. The molecule has 0 nitrogen and oxygen atoms in total. The van der Waals surface area contributed by atoms with Crippen LogP contribution in [-0.4, -0.2) is 0 Å². The zero-order valence-corrected chi connectivity index (χ0v) is 12.3. The van der Waals surface area contributed by atoms with Gasteiger partial charge in [-0.25, -0.2) is 0 Å². The van der Waals surface area contributed by atoms with Crippen molar-refractivity contribution in [1.82, 2.24) is 0 Å². The molecule has 102 valence electrons.